The summed E-state index contributed by atoms with van der Waals surface area (Å²) >= 11 is 0. The number of anilines is 1. The van der Waals surface area contributed by atoms with E-state index in [0.717, 1.165) is 47.2 Å². The van der Waals surface area contributed by atoms with Crippen molar-refractivity contribution in [1.82, 2.24) is 4.90 Å². The molecule has 0 saturated carbocycles. The van der Waals surface area contributed by atoms with Gasteiger partial charge < -0.3 is 9.64 Å². The Bertz CT molecular complexity index is 2320. The van der Waals surface area contributed by atoms with Crippen LogP contribution >= 0.6 is 0 Å². The first-order valence-electron chi connectivity index (χ1n) is 19.0. The summed E-state index contributed by atoms with van der Waals surface area (Å²) in [4.78, 5) is 21.5. The summed E-state index contributed by atoms with van der Waals surface area (Å²) < 4.78 is 8.40. The van der Waals surface area contributed by atoms with Gasteiger partial charge in [0, 0.05) is 52.2 Å². The van der Waals surface area contributed by atoms with Crippen LogP contribution in [0.1, 0.15) is 69.2 Å². The normalized spacial score (nSPS) is 18.5. The Morgan fingerprint density at radius 2 is 1.55 bits per heavy atom. The molecule has 0 N–H and O–H groups in total. The number of hydrogen-bond acceptors (Lipinski definition) is 4. The maximum atomic E-state index is 14.5. The third-order valence-corrected chi connectivity index (χ3v) is 11.4. The van der Waals surface area contributed by atoms with Gasteiger partial charge in [0.05, 0.1) is 17.7 Å². The SMILES string of the molecule is CN1/C(=C/C=C2\CCCC(/C=C/C3=[N+](C)c4ccccc4C3(C)C)=C2N(Cc2ccccc2)C(=O)OCc2ccc(N=[N+]=[N-])cc2)C(C)(C)c2ccccc21. The van der Waals surface area contributed by atoms with Gasteiger partial charge in [0.15, 0.2) is 5.71 Å². The van der Waals surface area contributed by atoms with Gasteiger partial charge in [0.25, 0.3) is 0 Å². The summed E-state index contributed by atoms with van der Waals surface area (Å²) in [7, 11) is 4.27. The fourth-order valence-electron chi connectivity index (χ4n) is 8.48. The molecule has 1 amide bonds. The Hall–Kier alpha value is -6.11. The minimum Gasteiger partial charge on any atom is -0.444 e. The predicted molar refractivity (Wildman–Crippen MR) is 222 cm³/mol. The number of hydrogen-bond donors (Lipinski definition) is 0. The van der Waals surface area contributed by atoms with Gasteiger partial charge in [0.1, 0.15) is 13.7 Å². The van der Waals surface area contributed by atoms with Gasteiger partial charge in [-0.15, -0.1) is 0 Å². The van der Waals surface area contributed by atoms with Crippen molar-refractivity contribution in [2.45, 2.75) is 70.9 Å². The molecule has 8 heteroatoms. The first-order valence-corrected chi connectivity index (χ1v) is 19.0. The summed E-state index contributed by atoms with van der Waals surface area (Å²) in [5.74, 6) is 0. The molecule has 7 rings (SSSR count). The number of benzene rings is 4. The molecule has 2 aliphatic heterocycles. The third-order valence-electron chi connectivity index (χ3n) is 11.4. The van der Waals surface area contributed by atoms with E-state index in [4.69, 9.17) is 10.3 Å². The highest BCUT2D eigenvalue weighted by Crippen LogP contribution is 2.47. The van der Waals surface area contributed by atoms with Gasteiger partial charge in [-0.2, -0.15) is 4.58 Å². The molecule has 0 aromatic heterocycles. The van der Waals surface area contributed by atoms with Crippen LogP contribution in [0.4, 0.5) is 21.9 Å². The molecule has 3 aliphatic rings. The number of carbonyl (C=O) groups excluding carboxylic acids is 1. The zero-order valence-electron chi connectivity index (χ0n) is 32.7. The standard InChI is InChI=1S/C47H49N6O2/c1-46(2)38-19-10-12-21-40(38)51(5)42(46)29-25-35-17-14-18-36(26-30-43-47(3,4)39-20-11-13-22-41(39)52(43)6)44(35)53(31-33-15-8-7-9-16-33)45(54)55-32-34-23-27-37(28-24-34)49-50-48/h7-13,15-16,19-30H,14,17-18,31-32H2,1-6H3/q+1. The smallest absolute Gasteiger partial charge is 0.414 e. The van der Waals surface area contributed by atoms with E-state index in [2.05, 4.69) is 146 Å². The number of azide groups is 1. The van der Waals surface area contributed by atoms with Crippen molar-refractivity contribution in [1.29, 1.82) is 0 Å². The van der Waals surface area contributed by atoms with E-state index in [1.807, 2.05) is 35.2 Å². The number of carbonyl (C=O) groups is 1. The second-order valence-electron chi connectivity index (χ2n) is 15.6. The van der Waals surface area contributed by atoms with Crippen LogP contribution in [0.5, 0.6) is 0 Å². The van der Waals surface area contributed by atoms with Crippen molar-refractivity contribution in [2.24, 2.45) is 5.11 Å². The Morgan fingerprint density at radius 1 is 0.855 bits per heavy atom. The Kier molecular flexibility index (Phi) is 10.4. The van der Waals surface area contributed by atoms with Crippen LogP contribution in [0, 0.1) is 0 Å². The van der Waals surface area contributed by atoms with Gasteiger partial charge in [-0.05, 0) is 78.6 Å². The Morgan fingerprint density at radius 3 is 2.25 bits per heavy atom. The fraction of sp³-hybridized carbons (Fsp3) is 0.277. The van der Waals surface area contributed by atoms with Crippen LogP contribution in [0.2, 0.25) is 0 Å². The highest BCUT2D eigenvalue weighted by Gasteiger charge is 2.43. The number of likely N-dealkylation sites (N-methyl/N-ethyl adjacent to an activating group) is 1. The third kappa shape index (κ3) is 7.26. The zero-order valence-corrected chi connectivity index (χ0v) is 32.7. The second-order valence-corrected chi connectivity index (χ2v) is 15.6. The van der Waals surface area contributed by atoms with E-state index in [1.165, 1.54) is 33.9 Å². The van der Waals surface area contributed by atoms with Crippen LogP contribution in [-0.4, -0.2) is 35.4 Å². The molecule has 0 fully saturated rings. The van der Waals surface area contributed by atoms with E-state index >= 15 is 0 Å². The second kappa shape index (κ2) is 15.3. The van der Waals surface area contributed by atoms with Gasteiger partial charge in [-0.3, -0.25) is 4.90 Å². The highest BCUT2D eigenvalue weighted by molar-refractivity contribution is 6.03. The van der Waals surface area contributed by atoms with Crippen LogP contribution in [0.3, 0.4) is 0 Å². The molecular formula is C47H49N6O2+. The maximum Gasteiger partial charge on any atom is 0.414 e. The monoisotopic (exact) mass is 729 g/mol. The first-order chi connectivity index (χ1) is 26.5. The minimum absolute atomic E-state index is 0.0780. The molecule has 0 radical (unpaired) electrons. The molecule has 2 heterocycles. The average Bonchev–Trinajstić information content (AvgIpc) is 3.51. The Labute approximate surface area is 324 Å². The predicted octanol–water partition coefficient (Wildman–Crippen LogP) is 11.7. The number of amides is 1. The van der Waals surface area contributed by atoms with Crippen molar-refractivity contribution in [3.05, 3.63) is 183 Å². The van der Waals surface area contributed by atoms with Crippen molar-refractivity contribution >= 4 is 28.9 Å². The lowest BCUT2D eigenvalue weighted by molar-refractivity contribution is -0.401. The number of ether oxygens (including phenoxy) is 1. The largest absolute Gasteiger partial charge is 0.444 e. The average molecular weight is 730 g/mol. The van der Waals surface area contributed by atoms with Crippen LogP contribution in [0.25, 0.3) is 10.4 Å². The van der Waals surface area contributed by atoms with E-state index in [0.29, 0.717) is 12.2 Å². The maximum absolute atomic E-state index is 14.5. The van der Waals surface area contributed by atoms with Crippen molar-refractivity contribution in [3.8, 4) is 0 Å². The Balaban J connectivity index is 1.33. The number of fused-ring (bicyclic) bond motifs is 2. The van der Waals surface area contributed by atoms with Crippen LogP contribution in [-0.2, 0) is 28.7 Å². The van der Waals surface area contributed by atoms with Gasteiger partial charge in [-0.25, -0.2) is 4.79 Å². The highest BCUT2D eigenvalue weighted by atomic mass is 16.6. The molecule has 0 atom stereocenters. The van der Waals surface area contributed by atoms with E-state index in [1.54, 1.807) is 12.1 Å². The summed E-state index contributed by atoms with van der Waals surface area (Å²) in [5.41, 5.74) is 21.3. The van der Waals surface area contributed by atoms with Gasteiger partial charge in [-0.1, -0.05) is 122 Å². The van der Waals surface area contributed by atoms with Crippen molar-refractivity contribution in [3.63, 3.8) is 0 Å². The molecule has 0 saturated heterocycles. The van der Waals surface area contributed by atoms with Gasteiger partial charge in [0.2, 0.25) is 5.69 Å². The molecule has 8 nitrogen and oxygen atoms in total. The molecular weight excluding hydrogens is 681 g/mol. The minimum atomic E-state index is -0.423. The van der Waals surface area contributed by atoms with Crippen molar-refractivity contribution < 1.29 is 14.1 Å². The summed E-state index contributed by atoms with van der Waals surface area (Å²) in [5, 5.41) is 3.67. The molecule has 0 bridgehead atoms. The van der Waals surface area contributed by atoms with E-state index in [-0.39, 0.29) is 17.4 Å². The van der Waals surface area contributed by atoms with Gasteiger partial charge >= 0.3 is 6.09 Å². The van der Waals surface area contributed by atoms with Crippen LogP contribution in [0.15, 0.2) is 155 Å². The topological polar surface area (TPSA) is 84.6 Å². The quantitative estimate of drug-likeness (QED) is 0.0744. The number of nitrogens with zero attached hydrogens (tertiary/aromatic N) is 6. The number of rotatable bonds is 9. The number of para-hydroxylation sites is 2. The lowest BCUT2D eigenvalue weighted by Gasteiger charge is -2.32. The zero-order chi connectivity index (χ0) is 38.7. The lowest BCUT2D eigenvalue weighted by atomic mass is 9.81. The lowest BCUT2D eigenvalue weighted by Crippen LogP contribution is -2.33. The first kappa shape index (κ1) is 37.2. The summed E-state index contributed by atoms with van der Waals surface area (Å²) in [6.07, 6.45) is 11.1. The summed E-state index contributed by atoms with van der Waals surface area (Å²) in [6.45, 7) is 9.53. The molecule has 55 heavy (non-hydrogen) atoms. The van der Waals surface area contributed by atoms with E-state index < -0.39 is 6.09 Å². The molecule has 0 unspecified atom stereocenters. The molecule has 4 aromatic rings. The number of allylic oxidation sites excluding steroid dienone is 7. The summed E-state index contributed by atoms with van der Waals surface area (Å²) in [6, 6.07) is 34.4. The molecule has 1 aliphatic carbocycles. The molecule has 4 aromatic carbocycles. The van der Waals surface area contributed by atoms with Crippen molar-refractivity contribution in [2.75, 3.05) is 19.0 Å². The molecule has 0 spiro atoms. The van der Waals surface area contributed by atoms with Crippen LogP contribution < -0.4 is 4.90 Å². The molecule has 278 valence electrons. The van der Waals surface area contributed by atoms with E-state index in [9.17, 15) is 4.79 Å². The fourth-order valence-corrected chi connectivity index (χ4v) is 8.48.